The highest BCUT2D eigenvalue weighted by Gasteiger charge is 2.25. The second-order valence-electron chi connectivity index (χ2n) is 7.32. The van der Waals surface area contributed by atoms with E-state index in [0.717, 1.165) is 32.6 Å². The number of likely N-dealkylation sites (N-methyl/N-ethyl adjacent to an activating group) is 1. The van der Waals surface area contributed by atoms with Gasteiger partial charge in [-0.2, -0.15) is 0 Å². The first kappa shape index (κ1) is 20.6. The van der Waals surface area contributed by atoms with Crippen LogP contribution in [0, 0.1) is 5.92 Å². The molecule has 0 bridgehead atoms. The first-order valence-corrected chi connectivity index (χ1v) is 10.9. The van der Waals surface area contributed by atoms with Crippen molar-refractivity contribution in [1.29, 1.82) is 0 Å². The zero-order valence-corrected chi connectivity index (χ0v) is 17.0. The van der Waals surface area contributed by atoms with Crippen molar-refractivity contribution in [3.8, 4) is 0 Å². The molecule has 0 aliphatic carbocycles. The summed E-state index contributed by atoms with van der Waals surface area (Å²) in [4.78, 5) is 4.72. The van der Waals surface area contributed by atoms with Crippen molar-refractivity contribution in [3.63, 3.8) is 0 Å². The topological polar surface area (TPSA) is 52.7 Å². The third kappa shape index (κ3) is 6.87. The smallest absolute Gasteiger partial charge is 0.215 e. The first-order valence-electron chi connectivity index (χ1n) is 8.90. The van der Waals surface area contributed by atoms with Gasteiger partial charge in [-0.25, -0.2) is 13.1 Å². The molecule has 0 aromatic heterocycles. The average Bonchev–Trinajstić information content (AvgIpc) is 2.54. The van der Waals surface area contributed by atoms with Gasteiger partial charge >= 0.3 is 0 Å². The van der Waals surface area contributed by atoms with Crippen molar-refractivity contribution in [3.05, 3.63) is 34.9 Å². The molecule has 1 fully saturated rings. The molecule has 1 N–H and O–H groups in total. The molecule has 1 saturated heterocycles. The summed E-state index contributed by atoms with van der Waals surface area (Å²) in [5, 5.41) is 0.491. The minimum absolute atomic E-state index is 0.0796. The summed E-state index contributed by atoms with van der Waals surface area (Å²) in [5.74, 6) is 0.446. The fourth-order valence-electron chi connectivity index (χ4n) is 3.19. The zero-order chi connectivity index (χ0) is 18.4. The van der Waals surface area contributed by atoms with E-state index in [9.17, 15) is 8.42 Å². The molecule has 1 aliphatic heterocycles. The molecule has 1 aliphatic rings. The Labute approximate surface area is 157 Å². The van der Waals surface area contributed by atoms with Crippen LogP contribution in [0.5, 0.6) is 0 Å². The van der Waals surface area contributed by atoms with Crippen LogP contribution >= 0.6 is 11.6 Å². The molecule has 1 heterocycles. The molecular weight excluding hydrogens is 358 g/mol. The number of nitrogens with zero attached hydrogens (tertiary/aromatic N) is 2. The Balaban J connectivity index is 1.97. The predicted molar refractivity (Wildman–Crippen MR) is 104 cm³/mol. The normalized spacial score (nSPS) is 18.6. The number of benzene rings is 1. The van der Waals surface area contributed by atoms with Gasteiger partial charge in [0.2, 0.25) is 10.0 Å². The summed E-state index contributed by atoms with van der Waals surface area (Å²) in [6.07, 6.45) is 0.984. The SMILES string of the molecule is CC(C)CC(CNS(=O)(=O)Cc1ccccc1Cl)N1CCN(C)CC1. The molecule has 1 atom stereocenters. The maximum Gasteiger partial charge on any atom is 0.215 e. The fraction of sp³-hybridized carbons (Fsp3) is 0.667. The maximum absolute atomic E-state index is 12.5. The van der Waals surface area contributed by atoms with Crippen LogP contribution in [-0.2, 0) is 15.8 Å². The van der Waals surface area contributed by atoms with Gasteiger partial charge in [-0.3, -0.25) is 4.90 Å². The molecule has 5 nitrogen and oxygen atoms in total. The monoisotopic (exact) mass is 387 g/mol. The lowest BCUT2D eigenvalue weighted by atomic mass is 10.0. The minimum atomic E-state index is -3.41. The Bertz CT molecular complexity index is 643. The van der Waals surface area contributed by atoms with Gasteiger partial charge in [-0.1, -0.05) is 43.6 Å². The van der Waals surface area contributed by atoms with Gasteiger partial charge in [-0.15, -0.1) is 0 Å². The van der Waals surface area contributed by atoms with E-state index < -0.39 is 10.0 Å². The molecule has 25 heavy (non-hydrogen) atoms. The largest absolute Gasteiger partial charge is 0.304 e. The highest BCUT2D eigenvalue weighted by atomic mass is 35.5. The lowest BCUT2D eigenvalue weighted by molar-refractivity contribution is 0.102. The van der Waals surface area contributed by atoms with E-state index in [1.165, 1.54) is 0 Å². The predicted octanol–water partition coefficient (Wildman–Crippen LogP) is 2.42. The molecule has 1 unspecified atom stereocenters. The van der Waals surface area contributed by atoms with Crippen molar-refractivity contribution in [1.82, 2.24) is 14.5 Å². The second-order valence-corrected chi connectivity index (χ2v) is 9.54. The average molecular weight is 388 g/mol. The Morgan fingerprint density at radius 2 is 1.80 bits per heavy atom. The summed E-state index contributed by atoms with van der Waals surface area (Å²) in [6.45, 7) is 8.85. The molecular formula is C18H30ClN3O2S. The third-order valence-electron chi connectivity index (χ3n) is 4.64. The fourth-order valence-corrected chi connectivity index (χ4v) is 4.68. The van der Waals surface area contributed by atoms with Gasteiger partial charge in [0.1, 0.15) is 0 Å². The lowest BCUT2D eigenvalue weighted by Crippen LogP contribution is -2.52. The van der Waals surface area contributed by atoms with E-state index in [0.29, 0.717) is 23.0 Å². The van der Waals surface area contributed by atoms with Gasteiger partial charge in [0.05, 0.1) is 5.75 Å². The number of sulfonamides is 1. The van der Waals surface area contributed by atoms with Gasteiger partial charge in [0, 0.05) is 43.8 Å². The van der Waals surface area contributed by atoms with E-state index in [1.54, 1.807) is 18.2 Å². The van der Waals surface area contributed by atoms with Crippen LogP contribution in [0.4, 0.5) is 0 Å². The molecule has 1 aromatic rings. The molecule has 0 amide bonds. The van der Waals surface area contributed by atoms with Crippen LogP contribution in [0.3, 0.4) is 0 Å². The van der Waals surface area contributed by atoms with Gasteiger partial charge in [-0.05, 0) is 31.0 Å². The Morgan fingerprint density at radius 1 is 1.16 bits per heavy atom. The Kier molecular flexibility index (Phi) is 7.70. The Hall–Kier alpha value is -0.660. The molecule has 2 rings (SSSR count). The lowest BCUT2D eigenvalue weighted by Gasteiger charge is -2.38. The zero-order valence-electron chi connectivity index (χ0n) is 15.4. The van der Waals surface area contributed by atoms with Crippen LogP contribution < -0.4 is 4.72 Å². The van der Waals surface area contributed by atoms with E-state index in [-0.39, 0.29) is 11.8 Å². The maximum atomic E-state index is 12.5. The van der Waals surface area contributed by atoms with E-state index in [2.05, 4.69) is 35.4 Å². The molecule has 1 aromatic carbocycles. The van der Waals surface area contributed by atoms with Crippen LogP contribution in [0.2, 0.25) is 5.02 Å². The first-order chi connectivity index (χ1) is 11.8. The van der Waals surface area contributed by atoms with Crippen LogP contribution in [0.1, 0.15) is 25.8 Å². The van der Waals surface area contributed by atoms with Gasteiger partial charge in [0.15, 0.2) is 0 Å². The highest BCUT2D eigenvalue weighted by molar-refractivity contribution is 7.88. The van der Waals surface area contributed by atoms with Gasteiger partial charge < -0.3 is 4.90 Å². The van der Waals surface area contributed by atoms with Crippen molar-refractivity contribution >= 4 is 21.6 Å². The number of piperazine rings is 1. The Morgan fingerprint density at radius 3 is 2.40 bits per heavy atom. The second kappa shape index (κ2) is 9.33. The molecule has 0 radical (unpaired) electrons. The number of hydrogen-bond acceptors (Lipinski definition) is 4. The van der Waals surface area contributed by atoms with Crippen molar-refractivity contribution in [2.45, 2.75) is 32.1 Å². The molecule has 0 spiro atoms. The van der Waals surface area contributed by atoms with E-state index >= 15 is 0 Å². The molecule has 7 heteroatoms. The van der Waals surface area contributed by atoms with Crippen LogP contribution in [-0.4, -0.2) is 64.0 Å². The summed E-state index contributed by atoms with van der Waals surface area (Å²) in [5.41, 5.74) is 0.636. The van der Waals surface area contributed by atoms with Crippen molar-refractivity contribution in [2.24, 2.45) is 5.92 Å². The number of nitrogens with one attached hydrogen (secondary N) is 1. The van der Waals surface area contributed by atoms with Gasteiger partial charge in [0.25, 0.3) is 0 Å². The summed E-state index contributed by atoms with van der Waals surface area (Å²) >= 11 is 6.09. The van der Waals surface area contributed by atoms with Crippen LogP contribution in [0.25, 0.3) is 0 Å². The quantitative estimate of drug-likeness (QED) is 0.744. The number of hydrogen-bond donors (Lipinski definition) is 1. The van der Waals surface area contributed by atoms with Crippen LogP contribution in [0.15, 0.2) is 24.3 Å². The highest BCUT2D eigenvalue weighted by Crippen LogP contribution is 2.18. The van der Waals surface area contributed by atoms with E-state index in [4.69, 9.17) is 11.6 Å². The summed E-state index contributed by atoms with van der Waals surface area (Å²) in [7, 11) is -1.28. The minimum Gasteiger partial charge on any atom is -0.304 e. The summed E-state index contributed by atoms with van der Waals surface area (Å²) in [6, 6.07) is 7.32. The molecule has 142 valence electrons. The molecule has 0 saturated carbocycles. The van der Waals surface area contributed by atoms with Crippen molar-refractivity contribution in [2.75, 3.05) is 39.8 Å². The number of halogens is 1. The standard InChI is InChI=1S/C18H30ClN3O2S/c1-15(2)12-17(22-10-8-21(3)9-11-22)13-20-25(23,24)14-16-6-4-5-7-18(16)19/h4-7,15,17,20H,8-14H2,1-3H3. The van der Waals surface area contributed by atoms with Crippen molar-refractivity contribution < 1.29 is 8.42 Å². The third-order valence-corrected chi connectivity index (χ3v) is 6.31. The summed E-state index contributed by atoms with van der Waals surface area (Å²) < 4.78 is 27.8. The van der Waals surface area contributed by atoms with E-state index in [1.807, 2.05) is 6.07 Å². The number of rotatable bonds is 8.